The quantitative estimate of drug-likeness (QED) is 0.447. The maximum atomic E-state index is 12.5. The molecule has 0 bridgehead atoms. The number of hydrogen-bond donors (Lipinski definition) is 0. The first-order chi connectivity index (χ1) is 11.5. The zero-order valence-corrected chi connectivity index (χ0v) is 15.7. The number of carbonyl (C=O) groups excluding carboxylic acids is 3. The number of carbonyl (C=O) groups is 3. The molecule has 1 aromatic heterocycles. The van der Waals surface area contributed by atoms with E-state index in [2.05, 4.69) is 4.98 Å². The average molecular weight is 345 g/mol. The van der Waals surface area contributed by atoms with Crippen LogP contribution in [-0.2, 0) is 14.3 Å². The van der Waals surface area contributed by atoms with Gasteiger partial charge >= 0.3 is 5.97 Å². The molecule has 2 atom stereocenters. The molecule has 2 rings (SSSR count). The molecule has 0 spiro atoms. The van der Waals surface area contributed by atoms with Gasteiger partial charge in [-0.2, -0.15) is 0 Å². The summed E-state index contributed by atoms with van der Waals surface area (Å²) in [5, 5.41) is 0. The lowest BCUT2D eigenvalue weighted by Gasteiger charge is -2.51. The molecule has 1 aliphatic carbocycles. The number of esters is 1. The van der Waals surface area contributed by atoms with Gasteiger partial charge in [-0.15, -0.1) is 0 Å². The van der Waals surface area contributed by atoms with E-state index in [9.17, 15) is 14.4 Å². The molecule has 2 unspecified atom stereocenters. The van der Waals surface area contributed by atoms with E-state index < -0.39 is 5.60 Å². The van der Waals surface area contributed by atoms with Crippen LogP contribution in [0.25, 0.3) is 0 Å². The lowest BCUT2D eigenvalue weighted by atomic mass is 9.52. The zero-order valence-electron chi connectivity index (χ0n) is 15.7. The first-order valence-electron chi connectivity index (χ1n) is 8.68. The maximum Gasteiger partial charge on any atom is 0.306 e. The zero-order chi connectivity index (χ0) is 18.8. The molecule has 25 heavy (non-hydrogen) atoms. The molecule has 1 fully saturated rings. The van der Waals surface area contributed by atoms with Gasteiger partial charge in [0, 0.05) is 30.3 Å². The maximum absolute atomic E-state index is 12.5. The molecule has 0 N–H and O–H groups in total. The van der Waals surface area contributed by atoms with Gasteiger partial charge in [0.25, 0.3) is 0 Å². The summed E-state index contributed by atoms with van der Waals surface area (Å²) in [6, 6.07) is 3.35. The molecule has 0 aromatic carbocycles. The highest BCUT2D eigenvalue weighted by atomic mass is 16.6. The summed E-state index contributed by atoms with van der Waals surface area (Å²) in [5.41, 5.74) is -0.349. The average Bonchev–Trinajstić information content (AvgIpc) is 2.50. The lowest BCUT2D eigenvalue weighted by Crippen LogP contribution is -2.50. The summed E-state index contributed by atoms with van der Waals surface area (Å²) in [7, 11) is 0. The van der Waals surface area contributed by atoms with Gasteiger partial charge in [-0.1, -0.05) is 13.8 Å². The van der Waals surface area contributed by atoms with Gasteiger partial charge in [-0.05, 0) is 50.7 Å². The normalized spacial score (nSPS) is 22.0. The number of nitrogens with zero attached hydrogens (tertiary/aromatic N) is 1. The van der Waals surface area contributed by atoms with Crippen LogP contribution < -0.4 is 0 Å². The van der Waals surface area contributed by atoms with Crippen molar-refractivity contribution in [1.29, 1.82) is 0 Å². The highest BCUT2D eigenvalue weighted by Gasteiger charge is 2.52. The van der Waals surface area contributed by atoms with E-state index in [0.29, 0.717) is 18.4 Å². The Balaban J connectivity index is 1.91. The molecule has 5 nitrogen and oxygen atoms in total. The summed E-state index contributed by atoms with van der Waals surface area (Å²) >= 11 is 0. The standard InChI is InChI=1S/C20H27NO4/c1-19(2,3)25-18(24)10-14-9-15(20(14,4)5)17(23)11-16(22)13-7-6-8-21-12-13/h6-8,12,14-15H,9-11H2,1-5H3. The summed E-state index contributed by atoms with van der Waals surface area (Å²) in [6.07, 6.45) is 3.90. The Bertz CT molecular complexity index is 658. The topological polar surface area (TPSA) is 73.3 Å². The second kappa shape index (κ2) is 7.06. The molecule has 5 heteroatoms. The summed E-state index contributed by atoms with van der Waals surface area (Å²) in [4.78, 5) is 40.7. The third-order valence-corrected chi connectivity index (χ3v) is 5.01. The second-order valence-electron chi connectivity index (χ2n) is 8.41. The predicted octanol–water partition coefficient (Wildman–Crippen LogP) is 3.62. The predicted molar refractivity (Wildman–Crippen MR) is 94.0 cm³/mol. The molecule has 0 saturated heterocycles. The van der Waals surface area contributed by atoms with Crippen LogP contribution in [-0.4, -0.2) is 28.1 Å². The Labute approximate surface area is 149 Å². The van der Waals surface area contributed by atoms with E-state index in [0.717, 1.165) is 0 Å². The van der Waals surface area contributed by atoms with Gasteiger partial charge in [-0.25, -0.2) is 0 Å². The molecule has 1 heterocycles. The van der Waals surface area contributed by atoms with E-state index in [4.69, 9.17) is 4.74 Å². The van der Waals surface area contributed by atoms with Gasteiger partial charge in [0.15, 0.2) is 5.78 Å². The van der Waals surface area contributed by atoms with Crippen LogP contribution in [0, 0.1) is 17.3 Å². The number of pyridine rings is 1. The fourth-order valence-electron chi connectivity index (χ4n) is 3.40. The van der Waals surface area contributed by atoms with Crippen LogP contribution in [0.2, 0.25) is 0 Å². The second-order valence-corrected chi connectivity index (χ2v) is 8.41. The van der Waals surface area contributed by atoms with Crippen molar-refractivity contribution in [2.45, 2.75) is 59.5 Å². The van der Waals surface area contributed by atoms with Crippen molar-refractivity contribution < 1.29 is 19.1 Å². The molecular weight excluding hydrogens is 318 g/mol. The largest absolute Gasteiger partial charge is 0.460 e. The third kappa shape index (κ3) is 4.74. The van der Waals surface area contributed by atoms with Crippen LogP contribution in [0.3, 0.4) is 0 Å². The molecule has 136 valence electrons. The van der Waals surface area contributed by atoms with Crippen LogP contribution >= 0.6 is 0 Å². The number of ketones is 2. The molecule has 0 amide bonds. The Morgan fingerprint density at radius 1 is 1.28 bits per heavy atom. The van der Waals surface area contributed by atoms with Crippen molar-refractivity contribution in [1.82, 2.24) is 4.98 Å². The van der Waals surface area contributed by atoms with Crippen molar-refractivity contribution in [3.8, 4) is 0 Å². The molecule has 0 aliphatic heterocycles. The van der Waals surface area contributed by atoms with Crippen molar-refractivity contribution in [3.05, 3.63) is 30.1 Å². The Morgan fingerprint density at radius 2 is 1.96 bits per heavy atom. The van der Waals surface area contributed by atoms with E-state index in [1.165, 1.54) is 6.20 Å². The summed E-state index contributed by atoms with van der Waals surface area (Å²) in [5.74, 6) is -0.586. The highest BCUT2D eigenvalue weighted by Crippen LogP contribution is 2.53. The minimum atomic E-state index is -0.504. The van der Waals surface area contributed by atoms with Gasteiger partial charge in [0.05, 0.1) is 6.42 Å². The van der Waals surface area contributed by atoms with Crippen molar-refractivity contribution in [2.24, 2.45) is 17.3 Å². The SMILES string of the molecule is CC(C)(C)OC(=O)CC1CC(C(=O)CC(=O)c2cccnc2)C1(C)C. The van der Waals surface area contributed by atoms with Gasteiger partial charge in [0.2, 0.25) is 0 Å². The first-order valence-corrected chi connectivity index (χ1v) is 8.68. The smallest absolute Gasteiger partial charge is 0.306 e. The van der Waals surface area contributed by atoms with Crippen LogP contribution in [0.15, 0.2) is 24.5 Å². The molecule has 0 radical (unpaired) electrons. The van der Waals surface area contributed by atoms with Crippen molar-refractivity contribution in [3.63, 3.8) is 0 Å². The number of hydrogen-bond acceptors (Lipinski definition) is 5. The van der Waals surface area contributed by atoms with Crippen LogP contribution in [0.5, 0.6) is 0 Å². The van der Waals surface area contributed by atoms with E-state index >= 15 is 0 Å². The van der Waals surface area contributed by atoms with Crippen LogP contribution in [0.4, 0.5) is 0 Å². The number of ether oxygens (including phenoxy) is 1. The van der Waals surface area contributed by atoms with Gasteiger partial charge in [0.1, 0.15) is 11.4 Å². The Morgan fingerprint density at radius 3 is 2.48 bits per heavy atom. The molecule has 1 aliphatic rings. The summed E-state index contributed by atoms with van der Waals surface area (Å²) < 4.78 is 5.37. The molecule has 1 aromatic rings. The first kappa shape index (κ1) is 19.3. The fourth-order valence-corrected chi connectivity index (χ4v) is 3.40. The van der Waals surface area contributed by atoms with Crippen molar-refractivity contribution >= 4 is 17.5 Å². The highest BCUT2D eigenvalue weighted by molar-refractivity contribution is 6.08. The lowest BCUT2D eigenvalue weighted by molar-refractivity contribution is -0.163. The molecule has 1 saturated carbocycles. The number of rotatable bonds is 6. The van der Waals surface area contributed by atoms with Crippen molar-refractivity contribution in [2.75, 3.05) is 0 Å². The minimum absolute atomic E-state index is 0.0562. The fraction of sp³-hybridized carbons (Fsp3) is 0.600. The monoisotopic (exact) mass is 345 g/mol. The van der Waals surface area contributed by atoms with Crippen LogP contribution in [0.1, 0.15) is 64.2 Å². The number of Topliss-reactive ketones (excluding diaryl/α,β-unsaturated/α-hetero) is 2. The Hall–Kier alpha value is -2.04. The van der Waals surface area contributed by atoms with E-state index in [-0.39, 0.29) is 41.2 Å². The third-order valence-electron chi connectivity index (χ3n) is 5.01. The molecular formula is C20H27NO4. The summed E-state index contributed by atoms with van der Waals surface area (Å²) in [6.45, 7) is 9.50. The van der Waals surface area contributed by atoms with Gasteiger partial charge < -0.3 is 4.74 Å². The van der Waals surface area contributed by atoms with E-state index in [1.54, 1.807) is 18.3 Å². The number of aromatic nitrogens is 1. The minimum Gasteiger partial charge on any atom is -0.460 e. The van der Waals surface area contributed by atoms with E-state index in [1.807, 2.05) is 34.6 Å². The van der Waals surface area contributed by atoms with Gasteiger partial charge in [-0.3, -0.25) is 19.4 Å². The Kier molecular flexibility index (Phi) is 5.45.